The van der Waals surface area contributed by atoms with Crippen molar-refractivity contribution in [1.82, 2.24) is 54.9 Å². The highest BCUT2D eigenvalue weighted by molar-refractivity contribution is 5.86. The van der Waals surface area contributed by atoms with E-state index >= 15 is 0 Å². The summed E-state index contributed by atoms with van der Waals surface area (Å²) in [4.78, 5) is 31.3. The number of nitrogens with one attached hydrogen (secondary N) is 4. The molecule has 8 N–H and O–H groups in total. The Balaban J connectivity index is 0.000000264. The number of nitrogens with zero attached hydrogens (tertiary/aromatic N) is 10. The van der Waals surface area contributed by atoms with Gasteiger partial charge in [-0.1, -0.05) is 34.6 Å². The highest BCUT2D eigenvalue weighted by Crippen LogP contribution is 2.12. The van der Waals surface area contributed by atoms with Gasteiger partial charge in [-0.15, -0.1) is 54.7 Å². The highest BCUT2D eigenvalue weighted by atomic mass is 35.5. The Morgan fingerprint density at radius 3 is 1.96 bits per heavy atom. The lowest BCUT2D eigenvalue weighted by atomic mass is 10.3. The van der Waals surface area contributed by atoms with Gasteiger partial charge in [0.2, 0.25) is 0 Å². The van der Waals surface area contributed by atoms with Gasteiger partial charge < -0.3 is 31.4 Å². The van der Waals surface area contributed by atoms with Crippen LogP contribution in [-0.2, 0) is 25.9 Å². The molecule has 244 valence electrons. The Morgan fingerprint density at radius 1 is 0.830 bits per heavy atom. The minimum absolute atomic E-state index is 0. The Morgan fingerprint density at radius 2 is 1.40 bits per heavy atom. The van der Waals surface area contributed by atoms with Gasteiger partial charge in [0, 0.05) is 28.9 Å². The van der Waals surface area contributed by atoms with Gasteiger partial charge in [-0.25, -0.2) is 24.6 Å². The number of hydrogen-bond donors (Lipinski definition) is 6. The van der Waals surface area contributed by atoms with Crippen molar-refractivity contribution in [2.75, 3.05) is 11.5 Å². The van der Waals surface area contributed by atoms with Gasteiger partial charge in [-0.05, 0) is 29.8 Å². The monoisotopic (exact) mass is 696 g/mol. The molecule has 19 heteroatoms. The van der Waals surface area contributed by atoms with Crippen molar-refractivity contribution in [3.63, 3.8) is 0 Å². The number of benzene rings is 2. The summed E-state index contributed by atoms with van der Waals surface area (Å²) < 4.78 is 1.76. The number of hydrogen-bond acceptors (Lipinski definition) is 9. The molecule has 0 saturated heterocycles. The van der Waals surface area contributed by atoms with Crippen LogP contribution in [0.3, 0.4) is 0 Å². The second-order valence-corrected chi connectivity index (χ2v) is 9.34. The summed E-state index contributed by atoms with van der Waals surface area (Å²) in [5, 5.41) is 11.7. The molecule has 0 amide bonds. The van der Waals surface area contributed by atoms with Crippen LogP contribution in [0.4, 0.5) is 11.9 Å². The van der Waals surface area contributed by atoms with Gasteiger partial charge in [0.15, 0.2) is 11.9 Å². The molecule has 0 spiro atoms. The number of aromatic amines is 4. The van der Waals surface area contributed by atoms with Crippen LogP contribution in [0.1, 0.15) is 28.7 Å². The first-order chi connectivity index (χ1) is 21.5. The van der Waals surface area contributed by atoms with Crippen LogP contribution in [0.15, 0.2) is 72.2 Å². The van der Waals surface area contributed by atoms with E-state index in [1.807, 2.05) is 54.7 Å². The number of para-hydroxylation sites is 4. The number of halogens is 3. The molecular formula is C28H31Cl3N16. The van der Waals surface area contributed by atoms with Gasteiger partial charge in [0.05, 0.1) is 53.1 Å². The summed E-state index contributed by atoms with van der Waals surface area (Å²) in [7, 11) is 0. The number of anilines is 2. The fourth-order valence-electron chi connectivity index (χ4n) is 4.15. The van der Waals surface area contributed by atoms with E-state index in [-0.39, 0.29) is 43.8 Å². The average Bonchev–Trinajstić information content (AvgIpc) is 3.85. The molecule has 47 heavy (non-hydrogen) atoms. The third-order valence-electron chi connectivity index (χ3n) is 6.02. The Kier molecular flexibility index (Phi) is 14.6. The van der Waals surface area contributed by atoms with Crippen molar-refractivity contribution >= 4 is 71.2 Å². The molecule has 0 bridgehead atoms. The van der Waals surface area contributed by atoms with E-state index in [1.165, 1.54) is 0 Å². The Hall–Kier alpha value is -5.72. The number of fused-ring (bicyclic) bond motifs is 2. The first kappa shape index (κ1) is 37.5. The first-order valence-electron chi connectivity index (χ1n) is 13.3. The van der Waals surface area contributed by atoms with Crippen LogP contribution < -0.4 is 11.5 Å². The standard InChI is InChI=1S/C14H14N8.C8H7N5.C6H7N3.3ClH/c15-14-16-6-9(17-14)5-10-7-22(21-20-10)8-13-18-11-3-1-2-4-12(11)19-13;9-13-10-5-8-11-6-3-1-2-4-7(6)12-8;1-2-3-5-4-8-6(7)9-5;;;/h1-4,6-7H,5,8H2,(H,18,19)(H3,15,16,17);1-4H,5H2,(H,11,12);1,4H,3H2,(H3,7,8,9);3*1H. The second-order valence-electron chi connectivity index (χ2n) is 9.34. The van der Waals surface area contributed by atoms with Crippen LogP contribution in [0.25, 0.3) is 32.5 Å². The van der Waals surface area contributed by atoms with Crippen LogP contribution in [0.2, 0.25) is 0 Å². The summed E-state index contributed by atoms with van der Waals surface area (Å²) in [6.45, 7) is 0.817. The van der Waals surface area contributed by atoms with Crippen LogP contribution in [-0.4, -0.2) is 54.9 Å². The number of H-pyrrole nitrogens is 4. The molecule has 7 rings (SSSR count). The molecule has 0 radical (unpaired) electrons. The number of nitrogen functional groups attached to an aromatic ring is 2. The summed E-state index contributed by atoms with van der Waals surface area (Å²) in [6.07, 6.45) is 11.4. The van der Waals surface area contributed by atoms with Crippen molar-refractivity contribution in [3.05, 3.63) is 106 Å². The number of aromatic nitrogens is 11. The van der Waals surface area contributed by atoms with Gasteiger partial charge in [-0.3, -0.25) is 0 Å². The quantitative estimate of drug-likeness (QED) is 0.0577. The minimum Gasteiger partial charge on any atom is -0.369 e. The fraction of sp³-hybridized carbons (Fsp3) is 0.143. The van der Waals surface area contributed by atoms with Gasteiger partial charge in [0.1, 0.15) is 18.2 Å². The number of terminal acetylenes is 1. The average molecular weight is 698 g/mol. The van der Waals surface area contributed by atoms with Crippen LogP contribution >= 0.6 is 37.2 Å². The number of rotatable bonds is 7. The molecule has 2 aromatic carbocycles. The second kappa shape index (κ2) is 18.3. The van der Waals surface area contributed by atoms with Gasteiger partial charge in [-0.2, -0.15) is 0 Å². The smallest absolute Gasteiger partial charge is 0.197 e. The Bertz CT molecular complexity index is 1990. The molecular weight excluding hydrogens is 667 g/mol. The summed E-state index contributed by atoms with van der Waals surface area (Å²) in [5.74, 6) is 4.84. The molecule has 16 nitrogen and oxygen atoms in total. The molecule has 5 heterocycles. The zero-order chi connectivity index (χ0) is 30.7. The molecule has 0 aliphatic carbocycles. The predicted molar refractivity (Wildman–Crippen MR) is 187 cm³/mol. The SMILES string of the molecule is C#CCc1cnc(N)[nH]1.Cl.Cl.Cl.Nc1ncc(Cc2cn(Cc3nc4ccccc4[nH]3)nn2)[nH]1.[N-]=[N+]=NCc1nc2ccccc2[nH]1. The van der Waals surface area contributed by atoms with E-state index < -0.39 is 0 Å². The van der Waals surface area contributed by atoms with E-state index in [9.17, 15) is 0 Å². The van der Waals surface area contributed by atoms with Crippen molar-refractivity contribution in [2.24, 2.45) is 5.11 Å². The van der Waals surface area contributed by atoms with Gasteiger partial charge in [0.25, 0.3) is 0 Å². The number of imidazole rings is 4. The maximum atomic E-state index is 8.12. The largest absolute Gasteiger partial charge is 0.369 e. The third kappa shape index (κ3) is 10.7. The van der Waals surface area contributed by atoms with Crippen molar-refractivity contribution < 1.29 is 0 Å². The molecule has 5 aromatic heterocycles. The maximum Gasteiger partial charge on any atom is 0.197 e. The summed E-state index contributed by atoms with van der Waals surface area (Å²) in [6, 6.07) is 15.6. The third-order valence-corrected chi connectivity index (χ3v) is 6.02. The molecule has 0 aliphatic rings. The Labute approximate surface area is 286 Å². The minimum atomic E-state index is 0. The molecule has 0 saturated carbocycles. The van der Waals surface area contributed by atoms with Crippen molar-refractivity contribution in [3.8, 4) is 12.3 Å². The molecule has 0 unspecified atom stereocenters. The first-order valence-corrected chi connectivity index (χ1v) is 13.3. The topological polar surface area (TPSA) is 246 Å². The van der Waals surface area contributed by atoms with E-state index in [0.717, 1.165) is 45.0 Å². The lowest BCUT2D eigenvalue weighted by Crippen LogP contribution is -2.02. The maximum absolute atomic E-state index is 8.12. The van der Waals surface area contributed by atoms with E-state index in [2.05, 4.69) is 66.1 Å². The number of nitrogens with two attached hydrogens (primary N) is 2. The molecule has 0 atom stereocenters. The molecule has 0 fully saturated rings. The zero-order valence-electron chi connectivity index (χ0n) is 24.6. The van der Waals surface area contributed by atoms with E-state index in [1.54, 1.807) is 17.1 Å². The molecule has 0 aliphatic heterocycles. The highest BCUT2D eigenvalue weighted by Gasteiger charge is 2.07. The summed E-state index contributed by atoms with van der Waals surface area (Å²) >= 11 is 0. The zero-order valence-corrected chi connectivity index (χ0v) is 27.1. The predicted octanol–water partition coefficient (Wildman–Crippen LogP) is 4.91. The molecule has 7 aromatic rings. The van der Waals surface area contributed by atoms with Crippen molar-refractivity contribution in [2.45, 2.75) is 25.9 Å². The number of azide groups is 1. The van der Waals surface area contributed by atoms with Crippen LogP contribution in [0, 0.1) is 12.3 Å². The lowest BCUT2D eigenvalue weighted by molar-refractivity contribution is 0.630. The van der Waals surface area contributed by atoms with E-state index in [4.69, 9.17) is 23.4 Å². The summed E-state index contributed by atoms with van der Waals surface area (Å²) in [5.41, 5.74) is 25.4. The van der Waals surface area contributed by atoms with Crippen LogP contribution in [0.5, 0.6) is 0 Å². The lowest BCUT2D eigenvalue weighted by Gasteiger charge is -1.95. The van der Waals surface area contributed by atoms with E-state index in [0.29, 0.717) is 37.1 Å². The van der Waals surface area contributed by atoms with Gasteiger partial charge >= 0.3 is 0 Å². The van der Waals surface area contributed by atoms with Crippen molar-refractivity contribution in [1.29, 1.82) is 0 Å². The normalized spacial score (nSPS) is 9.68. The fourth-order valence-corrected chi connectivity index (χ4v) is 4.15.